The van der Waals surface area contributed by atoms with Crippen molar-refractivity contribution in [1.29, 1.82) is 0 Å². The van der Waals surface area contributed by atoms with Crippen LogP contribution in [-0.2, 0) is 24.2 Å². The van der Waals surface area contributed by atoms with E-state index in [4.69, 9.17) is 4.74 Å². The number of hydrogen-bond donors (Lipinski definition) is 1. The molecule has 1 heterocycles. The number of hydrogen-bond acceptors (Lipinski definition) is 5. The summed E-state index contributed by atoms with van der Waals surface area (Å²) in [6.45, 7) is 4.97. The molecule has 0 aromatic rings. The molecule has 1 N–H and O–H groups in total. The van der Waals surface area contributed by atoms with E-state index < -0.39 is 27.7 Å². The van der Waals surface area contributed by atoms with E-state index in [1.807, 2.05) is 13.8 Å². The molecule has 0 aromatic heterocycles. The van der Waals surface area contributed by atoms with E-state index in [2.05, 4.69) is 5.32 Å². The van der Waals surface area contributed by atoms with Crippen LogP contribution in [0.2, 0.25) is 0 Å². The molecule has 0 spiro atoms. The third kappa shape index (κ3) is 5.92. The van der Waals surface area contributed by atoms with Gasteiger partial charge in [-0.05, 0) is 18.8 Å². The highest BCUT2D eigenvalue weighted by atomic mass is 32.2. The van der Waals surface area contributed by atoms with Crippen molar-refractivity contribution in [2.75, 3.05) is 38.3 Å². The summed E-state index contributed by atoms with van der Waals surface area (Å²) in [6, 6.07) is -0.441. The van der Waals surface area contributed by atoms with E-state index in [0.717, 1.165) is 6.42 Å². The lowest BCUT2D eigenvalue weighted by Gasteiger charge is -2.27. The van der Waals surface area contributed by atoms with Crippen LogP contribution in [0.3, 0.4) is 0 Å². The Morgan fingerprint density at radius 3 is 2.55 bits per heavy atom. The number of nitrogens with zero attached hydrogens (tertiary/aromatic N) is 1. The summed E-state index contributed by atoms with van der Waals surface area (Å²) in [5.41, 5.74) is 0. The van der Waals surface area contributed by atoms with Gasteiger partial charge in [-0.3, -0.25) is 9.59 Å². The van der Waals surface area contributed by atoms with Crippen molar-refractivity contribution < 1.29 is 22.7 Å². The maximum atomic E-state index is 12.3. The standard InChI is InChI=1S/C14H26N2O5S/c1-11(2)4-6-15-13(17)14(18)16(7-8-21-3)12-5-9-22(19,20)10-12/h11-12H,4-10H2,1-3H3,(H,15,17). The van der Waals surface area contributed by atoms with Gasteiger partial charge in [0.2, 0.25) is 0 Å². The molecular formula is C14H26N2O5S. The zero-order valence-corrected chi connectivity index (χ0v) is 14.3. The molecule has 1 saturated heterocycles. The molecule has 0 bridgehead atoms. The fraction of sp³-hybridized carbons (Fsp3) is 0.857. The minimum atomic E-state index is -3.12. The first kappa shape index (κ1) is 18.9. The number of carbonyl (C=O) groups excluding carboxylic acids is 2. The summed E-state index contributed by atoms with van der Waals surface area (Å²) >= 11 is 0. The third-order valence-electron chi connectivity index (χ3n) is 3.65. The Bertz CT molecular complexity index is 489. The summed E-state index contributed by atoms with van der Waals surface area (Å²) in [4.78, 5) is 25.6. The minimum absolute atomic E-state index is 0.0589. The van der Waals surface area contributed by atoms with Gasteiger partial charge >= 0.3 is 11.8 Å². The van der Waals surface area contributed by atoms with Crippen molar-refractivity contribution in [1.82, 2.24) is 10.2 Å². The van der Waals surface area contributed by atoms with Crippen molar-refractivity contribution >= 4 is 21.7 Å². The molecule has 1 fully saturated rings. The van der Waals surface area contributed by atoms with Gasteiger partial charge in [0.25, 0.3) is 0 Å². The average molecular weight is 334 g/mol. The van der Waals surface area contributed by atoms with Crippen LogP contribution >= 0.6 is 0 Å². The molecule has 1 atom stereocenters. The molecular weight excluding hydrogens is 308 g/mol. The highest BCUT2D eigenvalue weighted by Crippen LogP contribution is 2.18. The Balaban J connectivity index is 2.66. The van der Waals surface area contributed by atoms with Crippen LogP contribution in [0.25, 0.3) is 0 Å². The predicted molar refractivity (Wildman–Crippen MR) is 83.1 cm³/mol. The van der Waals surface area contributed by atoms with Crippen LogP contribution in [0.15, 0.2) is 0 Å². The monoisotopic (exact) mass is 334 g/mol. The fourth-order valence-corrected chi connectivity index (χ4v) is 4.07. The number of amides is 2. The maximum Gasteiger partial charge on any atom is 0.312 e. The smallest absolute Gasteiger partial charge is 0.312 e. The summed E-state index contributed by atoms with van der Waals surface area (Å²) in [5.74, 6) is -0.950. The van der Waals surface area contributed by atoms with Gasteiger partial charge in [0.1, 0.15) is 0 Å². The van der Waals surface area contributed by atoms with E-state index in [1.165, 1.54) is 12.0 Å². The van der Waals surface area contributed by atoms with Crippen LogP contribution < -0.4 is 5.32 Å². The van der Waals surface area contributed by atoms with Crippen molar-refractivity contribution in [2.24, 2.45) is 5.92 Å². The van der Waals surface area contributed by atoms with Crippen LogP contribution in [-0.4, -0.2) is 69.5 Å². The first-order chi connectivity index (χ1) is 10.3. The van der Waals surface area contributed by atoms with Crippen LogP contribution in [0.1, 0.15) is 26.7 Å². The van der Waals surface area contributed by atoms with Gasteiger partial charge in [0.05, 0.1) is 18.1 Å². The van der Waals surface area contributed by atoms with Gasteiger partial charge in [-0.25, -0.2) is 8.42 Å². The topological polar surface area (TPSA) is 92.8 Å². The number of carbonyl (C=O) groups is 2. The molecule has 128 valence electrons. The Morgan fingerprint density at radius 2 is 2.05 bits per heavy atom. The molecule has 0 aromatic carbocycles. The van der Waals surface area contributed by atoms with E-state index in [-0.39, 0.29) is 24.7 Å². The van der Waals surface area contributed by atoms with Crippen molar-refractivity contribution in [3.05, 3.63) is 0 Å². The quantitative estimate of drug-likeness (QED) is 0.652. The van der Waals surface area contributed by atoms with Gasteiger partial charge in [0.15, 0.2) is 9.84 Å². The summed E-state index contributed by atoms with van der Waals surface area (Å²) in [5, 5.41) is 2.59. The van der Waals surface area contributed by atoms with Crippen molar-refractivity contribution in [3.8, 4) is 0 Å². The molecule has 1 unspecified atom stereocenters. The van der Waals surface area contributed by atoms with Gasteiger partial charge in [-0.2, -0.15) is 0 Å². The molecule has 0 radical (unpaired) electrons. The molecule has 1 aliphatic heterocycles. The highest BCUT2D eigenvalue weighted by Gasteiger charge is 2.36. The van der Waals surface area contributed by atoms with E-state index in [1.54, 1.807) is 0 Å². The molecule has 8 heteroatoms. The second kappa shape index (κ2) is 8.47. The average Bonchev–Trinajstić information content (AvgIpc) is 2.78. The maximum absolute atomic E-state index is 12.3. The fourth-order valence-electron chi connectivity index (χ4n) is 2.34. The Morgan fingerprint density at radius 1 is 1.36 bits per heavy atom. The first-order valence-electron chi connectivity index (χ1n) is 7.55. The Kier molecular flexibility index (Phi) is 7.28. The van der Waals surface area contributed by atoms with Crippen LogP contribution in [0, 0.1) is 5.92 Å². The normalized spacial score (nSPS) is 20.1. The molecule has 0 saturated carbocycles. The van der Waals surface area contributed by atoms with Crippen LogP contribution in [0.4, 0.5) is 0 Å². The van der Waals surface area contributed by atoms with Gasteiger partial charge in [-0.1, -0.05) is 13.8 Å². The number of rotatable bonds is 7. The van der Waals surface area contributed by atoms with Gasteiger partial charge < -0.3 is 15.0 Å². The van der Waals surface area contributed by atoms with E-state index >= 15 is 0 Å². The van der Waals surface area contributed by atoms with Crippen molar-refractivity contribution in [3.63, 3.8) is 0 Å². The SMILES string of the molecule is COCCN(C(=O)C(=O)NCCC(C)C)C1CCS(=O)(=O)C1. The number of methoxy groups -OCH3 is 1. The zero-order chi connectivity index (χ0) is 16.8. The summed E-state index contributed by atoms with van der Waals surface area (Å²) in [7, 11) is -1.62. The largest absolute Gasteiger partial charge is 0.383 e. The highest BCUT2D eigenvalue weighted by molar-refractivity contribution is 7.91. The zero-order valence-electron chi connectivity index (χ0n) is 13.5. The molecule has 7 nitrogen and oxygen atoms in total. The van der Waals surface area contributed by atoms with Crippen LogP contribution in [0.5, 0.6) is 0 Å². The van der Waals surface area contributed by atoms with Crippen molar-refractivity contribution in [2.45, 2.75) is 32.7 Å². The number of nitrogens with one attached hydrogen (secondary N) is 1. The lowest BCUT2D eigenvalue weighted by molar-refractivity contribution is -0.147. The lowest BCUT2D eigenvalue weighted by Crippen LogP contribution is -2.49. The summed E-state index contributed by atoms with van der Waals surface area (Å²) in [6.07, 6.45) is 1.16. The molecule has 1 aliphatic rings. The first-order valence-corrected chi connectivity index (χ1v) is 9.37. The molecule has 1 rings (SSSR count). The predicted octanol–water partition coefficient (Wildman–Crippen LogP) is -0.189. The summed E-state index contributed by atoms with van der Waals surface area (Å²) < 4.78 is 28.1. The van der Waals surface area contributed by atoms with Gasteiger partial charge in [-0.15, -0.1) is 0 Å². The second-order valence-electron chi connectivity index (χ2n) is 5.99. The molecule has 0 aliphatic carbocycles. The lowest BCUT2D eigenvalue weighted by atomic mass is 10.1. The minimum Gasteiger partial charge on any atom is -0.383 e. The number of ether oxygens (including phenoxy) is 1. The number of sulfone groups is 1. The molecule has 2 amide bonds. The van der Waals surface area contributed by atoms with E-state index in [9.17, 15) is 18.0 Å². The Labute approximate surface area is 132 Å². The second-order valence-corrected chi connectivity index (χ2v) is 8.22. The van der Waals surface area contributed by atoms with E-state index in [0.29, 0.717) is 18.9 Å². The molecule has 22 heavy (non-hydrogen) atoms. The van der Waals surface area contributed by atoms with Gasteiger partial charge in [0, 0.05) is 26.2 Å². The Hall–Kier alpha value is -1.15. The third-order valence-corrected chi connectivity index (χ3v) is 5.40.